The molecule has 3 aromatic carbocycles. The van der Waals surface area contributed by atoms with Gasteiger partial charge in [0.25, 0.3) is 5.91 Å². The van der Waals surface area contributed by atoms with Gasteiger partial charge in [-0.25, -0.2) is 4.79 Å². The van der Waals surface area contributed by atoms with E-state index in [1.54, 1.807) is 4.90 Å². The lowest BCUT2D eigenvalue weighted by molar-refractivity contribution is 0.0540. The van der Waals surface area contributed by atoms with E-state index in [1.165, 1.54) is 5.56 Å². The number of likely N-dealkylation sites (N-methyl/N-ethyl adjacent to an activating group) is 1. The molecule has 7 nitrogen and oxygen atoms in total. The number of piperidine rings is 1. The maximum absolute atomic E-state index is 12.9. The minimum Gasteiger partial charge on any atom is -0.446 e. The molecular weight excluding hydrogens is 488 g/mol. The first-order valence-electron chi connectivity index (χ1n) is 13.9. The lowest BCUT2D eigenvalue weighted by Crippen LogP contribution is -2.42. The van der Waals surface area contributed by atoms with Crippen LogP contribution in [0.4, 0.5) is 10.5 Å². The Kier molecular flexibility index (Phi) is 10.5. The van der Waals surface area contributed by atoms with Crippen LogP contribution in [0.15, 0.2) is 78.9 Å². The van der Waals surface area contributed by atoms with Gasteiger partial charge in [0.2, 0.25) is 0 Å². The molecule has 1 aliphatic heterocycles. The van der Waals surface area contributed by atoms with Gasteiger partial charge in [-0.15, -0.1) is 0 Å². The van der Waals surface area contributed by atoms with Gasteiger partial charge in [0.1, 0.15) is 6.10 Å². The maximum atomic E-state index is 12.9. The fourth-order valence-corrected chi connectivity index (χ4v) is 4.79. The molecule has 39 heavy (non-hydrogen) atoms. The number of anilines is 1. The number of carbonyl (C=O) groups excluding carboxylic acids is 2. The molecule has 0 spiro atoms. The Hall–Kier alpha value is -3.68. The van der Waals surface area contributed by atoms with Crippen LogP contribution in [0, 0.1) is 0 Å². The second-order valence-corrected chi connectivity index (χ2v) is 10.1. The van der Waals surface area contributed by atoms with Gasteiger partial charge in [-0.2, -0.15) is 0 Å². The summed E-state index contributed by atoms with van der Waals surface area (Å²) in [6.45, 7) is 7.07. The van der Waals surface area contributed by atoms with E-state index in [4.69, 9.17) is 4.74 Å². The molecule has 2 N–H and O–H groups in total. The molecule has 1 aliphatic rings. The fraction of sp³-hybridized carbons (Fsp3) is 0.375. The third-order valence-corrected chi connectivity index (χ3v) is 7.11. The Morgan fingerprint density at radius 1 is 0.949 bits per heavy atom. The van der Waals surface area contributed by atoms with Crippen molar-refractivity contribution in [3.05, 3.63) is 90.0 Å². The quantitative estimate of drug-likeness (QED) is 0.315. The Bertz CT molecular complexity index is 1190. The molecule has 4 rings (SSSR count). The van der Waals surface area contributed by atoms with Crippen LogP contribution in [-0.2, 0) is 11.3 Å². The van der Waals surface area contributed by atoms with Gasteiger partial charge in [0, 0.05) is 50.9 Å². The summed E-state index contributed by atoms with van der Waals surface area (Å²) in [7, 11) is 1.85. The van der Waals surface area contributed by atoms with Crippen molar-refractivity contribution in [2.45, 2.75) is 38.8 Å². The van der Waals surface area contributed by atoms with Crippen molar-refractivity contribution in [2.75, 3.05) is 45.1 Å². The Morgan fingerprint density at radius 3 is 2.36 bits per heavy atom. The molecule has 0 atom stereocenters. The summed E-state index contributed by atoms with van der Waals surface area (Å²) in [6, 6.07) is 25.6. The minimum atomic E-state index is -0.422. The molecule has 0 radical (unpaired) electrons. The third-order valence-electron chi connectivity index (χ3n) is 7.11. The molecule has 206 valence electrons. The molecule has 2 amide bonds. The highest BCUT2D eigenvalue weighted by atomic mass is 16.6. The predicted octanol–water partition coefficient (Wildman–Crippen LogP) is 5.64. The Labute approximate surface area is 232 Å². The number of benzene rings is 3. The monoisotopic (exact) mass is 528 g/mol. The highest BCUT2D eigenvalue weighted by Crippen LogP contribution is 2.28. The summed E-state index contributed by atoms with van der Waals surface area (Å²) >= 11 is 0. The number of para-hydroxylation sites is 1. The van der Waals surface area contributed by atoms with E-state index >= 15 is 0 Å². The second kappa shape index (κ2) is 14.5. The number of amides is 2. The molecule has 0 bridgehead atoms. The van der Waals surface area contributed by atoms with Crippen LogP contribution in [0.1, 0.15) is 42.1 Å². The van der Waals surface area contributed by atoms with Gasteiger partial charge in [-0.05, 0) is 55.1 Å². The first-order chi connectivity index (χ1) is 19.0. The molecule has 1 heterocycles. The summed E-state index contributed by atoms with van der Waals surface area (Å²) in [6.07, 6.45) is 2.12. The van der Waals surface area contributed by atoms with Crippen molar-refractivity contribution in [2.24, 2.45) is 0 Å². The van der Waals surface area contributed by atoms with Crippen LogP contribution in [-0.4, -0.2) is 67.7 Å². The van der Waals surface area contributed by atoms with Gasteiger partial charge in [0.15, 0.2) is 0 Å². The number of likely N-dealkylation sites (tertiary alicyclic amines) is 1. The van der Waals surface area contributed by atoms with Gasteiger partial charge >= 0.3 is 6.09 Å². The SMILES string of the molecule is CCCNCc1ccc(C(=O)N(C)CCN2CCC(OC(=O)Nc3ccccc3-c3ccccc3)CC2)cc1. The number of nitrogens with zero attached hydrogens (tertiary/aromatic N) is 2. The van der Waals surface area contributed by atoms with Crippen molar-refractivity contribution >= 4 is 17.7 Å². The van der Waals surface area contributed by atoms with Crippen LogP contribution in [0.5, 0.6) is 0 Å². The van der Waals surface area contributed by atoms with E-state index in [2.05, 4.69) is 22.5 Å². The second-order valence-electron chi connectivity index (χ2n) is 10.1. The number of hydrogen-bond donors (Lipinski definition) is 2. The van der Waals surface area contributed by atoms with E-state index < -0.39 is 6.09 Å². The van der Waals surface area contributed by atoms with Crippen LogP contribution < -0.4 is 10.6 Å². The molecule has 0 aromatic heterocycles. The highest BCUT2D eigenvalue weighted by Gasteiger charge is 2.23. The molecule has 0 saturated carbocycles. The third kappa shape index (κ3) is 8.40. The molecule has 7 heteroatoms. The molecule has 1 fully saturated rings. The summed E-state index contributed by atoms with van der Waals surface area (Å²) in [4.78, 5) is 29.6. The van der Waals surface area contributed by atoms with Crippen molar-refractivity contribution in [3.63, 3.8) is 0 Å². The summed E-state index contributed by atoms with van der Waals surface area (Å²) in [5.41, 5.74) is 4.64. The van der Waals surface area contributed by atoms with Gasteiger partial charge in [-0.3, -0.25) is 10.1 Å². The van der Waals surface area contributed by atoms with Crippen molar-refractivity contribution in [1.82, 2.24) is 15.1 Å². The average molecular weight is 529 g/mol. The summed E-state index contributed by atoms with van der Waals surface area (Å²) in [5.74, 6) is 0.0359. The fourth-order valence-electron chi connectivity index (χ4n) is 4.79. The van der Waals surface area contributed by atoms with E-state index in [1.807, 2.05) is 85.9 Å². The van der Waals surface area contributed by atoms with E-state index in [0.717, 1.165) is 68.8 Å². The first-order valence-corrected chi connectivity index (χ1v) is 13.9. The lowest BCUT2D eigenvalue weighted by atomic mass is 10.0. The van der Waals surface area contributed by atoms with Crippen LogP contribution >= 0.6 is 0 Å². The van der Waals surface area contributed by atoms with Crippen molar-refractivity contribution in [3.8, 4) is 11.1 Å². The molecule has 0 unspecified atom stereocenters. The van der Waals surface area contributed by atoms with Gasteiger partial charge in [0.05, 0.1) is 5.69 Å². The molecular formula is C32H40N4O3. The van der Waals surface area contributed by atoms with Crippen LogP contribution in [0.2, 0.25) is 0 Å². The number of carbonyl (C=O) groups is 2. The lowest BCUT2D eigenvalue weighted by Gasteiger charge is -2.32. The minimum absolute atomic E-state index is 0.0359. The van der Waals surface area contributed by atoms with E-state index in [-0.39, 0.29) is 12.0 Å². The number of nitrogens with one attached hydrogen (secondary N) is 2. The van der Waals surface area contributed by atoms with Crippen LogP contribution in [0.3, 0.4) is 0 Å². The standard InChI is InChI=1S/C32H40N4O3/c1-3-19-33-24-25-13-15-27(16-14-25)31(37)35(2)22-23-36-20-17-28(18-21-36)39-32(38)34-30-12-8-7-11-29(30)26-9-5-4-6-10-26/h4-16,28,33H,3,17-24H2,1-2H3,(H,34,38). The number of rotatable bonds is 11. The van der Waals surface area contributed by atoms with Crippen molar-refractivity contribution < 1.29 is 14.3 Å². The summed E-state index contributed by atoms with van der Waals surface area (Å²) in [5, 5.41) is 6.31. The van der Waals surface area contributed by atoms with Crippen molar-refractivity contribution in [1.29, 1.82) is 0 Å². The zero-order valence-electron chi connectivity index (χ0n) is 23.1. The zero-order valence-corrected chi connectivity index (χ0v) is 23.1. The molecule has 3 aromatic rings. The largest absolute Gasteiger partial charge is 0.446 e. The smallest absolute Gasteiger partial charge is 0.411 e. The Morgan fingerprint density at radius 2 is 1.64 bits per heavy atom. The molecule has 1 saturated heterocycles. The molecule has 0 aliphatic carbocycles. The highest BCUT2D eigenvalue weighted by molar-refractivity contribution is 5.94. The van der Waals surface area contributed by atoms with E-state index in [0.29, 0.717) is 12.1 Å². The zero-order chi connectivity index (χ0) is 27.5. The Balaban J connectivity index is 1.18. The first kappa shape index (κ1) is 28.3. The van der Waals surface area contributed by atoms with Gasteiger partial charge < -0.3 is 19.9 Å². The normalized spacial score (nSPS) is 14.1. The number of ether oxygens (including phenoxy) is 1. The predicted molar refractivity (Wildman–Crippen MR) is 157 cm³/mol. The van der Waals surface area contributed by atoms with Crippen LogP contribution in [0.25, 0.3) is 11.1 Å². The van der Waals surface area contributed by atoms with E-state index in [9.17, 15) is 9.59 Å². The number of hydrogen-bond acceptors (Lipinski definition) is 5. The maximum Gasteiger partial charge on any atom is 0.411 e. The van der Waals surface area contributed by atoms with Gasteiger partial charge in [-0.1, -0.05) is 67.6 Å². The summed E-state index contributed by atoms with van der Waals surface area (Å²) < 4.78 is 5.75. The topological polar surface area (TPSA) is 73.9 Å². The average Bonchev–Trinajstić information content (AvgIpc) is 2.97.